The lowest BCUT2D eigenvalue weighted by molar-refractivity contribution is -0.117. The van der Waals surface area contributed by atoms with E-state index in [1.807, 2.05) is 6.92 Å². The molecule has 3 N–H and O–H groups in total. The average Bonchev–Trinajstić information content (AvgIpc) is 2.98. The lowest BCUT2D eigenvalue weighted by atomic mass is 9.79. The topological polar surface area (TPSA) is 69.6 Å². The number of anilines is 1. The Labute approximate surface area is 98.6 Å². The van der Waals surface area contributed by atoms with Crippen molar-refractivity contribution in [1.82, 2.24) is 0 Å². The molecule has 90 valence electrons. The molecule has 0 heterocycles. The lowest BCUT2D eigenvalue weighted by Gasteiger charge is -2.07. The van der Waals surface area contributed by atoms with Crippen molar-refractivity contribution in [3.05, 3.63) is 24.0 Å². The predicted molar refractivity (Wildman–Crippen MR) is 62.1 cm³/mol. The molecule has 17 heavy (non-hydrogen) atoms. The van der Waals surface area contributed by atoms with Crippen molar-refractivity contribution in [3.63, 3.8) is 0 Å². The highest BCUT2D eigenvalue weighted by atomic mass is 19.1. The van der Waals surface area contributed by atoms with Crippen LogP contribution in [0.4, 0.5) is 10.1 Å². The number of nitrogens with one attached hydrogen (secondary N) is 1. The van der Waals surface area contributed by atoms with Crippen LogP contribution in [0.15, 0.2) is 18.2 Å². The molecule has 0 saturated heterocycles. The third-order valence-electron chi connectivity index (χ3n) is 2.99. The van der Waals surface area contributed by atoms with Crippen LogP contribution < -0.4 is 10.8 Å². The van der Waals surface area contributed by atoms with Gasteiger partial charge in [0.15, 0.2) is 0 Å². The highest BCUT2D eigenvalue weighted by Crippen LogP contribution is 2.38. The molecule has 0 aromatic heterocycles. The predicted octanol–water partition coefficient (Wildman–Crippen LogP) is 0.100. The minimum atomic E-state index is -1.88. The van der Waals surface area contributed by atoms with Crippen LogP contribution in [0.5, 0.6) is 0 Å². The van der Waals surface area contributed by atoms with E-state index in [1.54, 1.807) is 0 Å². The third-order valence-corrected chi connectivity index (χ3v) is 2.99. The zero-order valence-electron chi connectivity index (χ0n) is 9.35. The molecule has 0 spiro atoms. The van der Waals surface area contributed by atoms with Crippen LogP contribution >= 0.6 is 0 Å². The maximum Gasteiger partial charge on any atom is 0.491 e. The number of hydrogen-bond donors (Lipinski definition) is 3. The summed E-state index contributed by atoms with van der Waals surface area (Å²) >= 11 is 0. The van der Waals surface area contributed by atoms with Gasteiger partial charge < -0.3 is 15.4 Å². The van der Waals surface area contributed by atoms with Crippen molar-refractivity contribution in [3.8, 4) is 0 Å². The molecular formula is C11H13BFNO3. The van der Waals surface area contributed by atoms with E-state index in [4.69, 9.17) is 10.0 Å². The molecular weight excluding hydrogens is 224 g/mol. The summed E-state index contributed by atoms with van der Waals surface area (Å²) in [6, 6.07) is 3.72. The van der Waals surface area contributed by atoms with Crippen LogP contribution in [0, 0.1) is 17.7 Å². The van der Waals surface area contributed by atoms with Gasteiger partial charge in [-0.15, -0.1) is 0 Å². The Morgan fingerprint density at radius 2 is 2.18 bits per heavy atom. The Bertz CT molecular complexity index is 452. The normalized spacial score (nSPS) is 22.1. The minimum absolute atomic E-state index is 0.0163. The molecule has 2 unspecified atom stereocenters. The highest BCUT2D eigenvalue weighted by molar-refractivity contribution is 6.58. The molecule has 0 bridgehead atoms. The Morgan fingerprint density at radius 3 is 2.71 bits per heavy atom. The van der Waals surface area contributed by atoms with Crippen LogP contribution in [0.25, 0.3) is 0 Å². The van der Waals surface area contributed by atoms with Crippen molar-refractivity contribution in [2.24, 2.45) is 11.8 Å². The van der Waals surface area contributed by atoms with Gasteiger partial charge in [-0.2, -0.15) is 0 Å². The summed E-state index contributed by atoms with van der Waals surface area (Å²) in [7, 11) is -1.88. The molecule has 1 aromatic rings. The first-order chi connectivity index (χ1) is 7.99. The van der Waals surface area contributed by atoms with Crippen molar-refractivity contribution in [2.75, 3.05) is 5.32 Å². The number of amides is 1. The molecule has 1 aliphatic rings. The van der Waals surface area contributed by atoms with E-state index in [1.165, 1.54) is 12.1 Å². The second-order valence-electron chi connectivity index (χ2n) is 4.42. The molecule has 2 rings (SSSR count). The number of benzene rings is 1. The van der Waals surface area contributed by atoms with Crippen LogP contribution in [-0.4, -0.2) is 23.1 Å². The van der Waals surface area contributed by atoms with E-state index in [-0.39, 0.29) is 17.3 Å². The van der Waals surface area contributed by atoms with Crippen molar-refractivity contribution >= 4 is 24.2 Å². The zero-order valence-corrected chi connectivity index (χ0v) is 9.35. The SMILES string of the molecule is CC1CC1C(=O)Nc1ccc(F)c(B(O)O)c1. The molecule has 1 fully saturated rings. The fourth-order valence-corrected chi connectivity index (χ4v) is 1.74. The molecule has 0 aliphatic heterocycles. The first-order valence-electron chi connectivity index (χ1n) is 5.45. The van der Waals surface area contributed by atoms with Crippen LogP contribution in [0.1, 0.15) is 13.3 Å². The number of carbonyl (C=O) groups excluding carboxylic acids is 1. The summed E-state index contributed by atoms with van der Waals surface area (Å²) in [5.74, 6) is -0.416. The number of carbonyl (C=O) groups is 1. The summed E-state index contributed by atoms with van der Waals surface area (Å²) in [4.78, 5) is 11.6. The van der Waals surface area contributed by atoms with Gasteiger partial charge >= 0.3 is 7.12 Å². The Kier molecular flexibility index (Phi) is 3.17. The van der Waals surface area contributed by atoms with Crippen LogP contribution in [-0.2, 0) is 4.79 Å². The Hall–Kier alpha value is -1.40. The summed E-state index contributed by atoms with van der Waals surface area (Å²) in [6.07, 6.45) is 0.864. The fourth-order valence-electron chi connectivity index (χ4n) is 1.74. The van der Waals surface area contributed by atoms with Gasteiger partial charge in [-0.1, -0.05) is 6.92 Å². The van der Waals surface area contributed by atoms with E-state index < -0.39 is 12.9 Å². The van der Waals surface area contributed by atoms with E-state index in [0.29, 0.717) is 11.6 Å². The van der Waals surface area contributed by atoms with Crippen LogP contribution in [0.2, 0.25) is 0 Å². The zero-order chi connectivity index (χ0) is 12.6. The van der Waals surface area contributed by atoms with Crippen molar-refractivity contribution in [1.29, 1.82) is 0 Å². The largest absolute Gasteiger partial charge is 0.491 e. The monoisotopic (exact) mass is 237 g/mol. The molecule has 2 atom stereocenters. The first kappa shape index (κ1) is 12.1. The van der Waals surface area contributed by atoms with Gasteiger partial charge in [0, 0.05) is 17.1 Å². The summed E-state index contributed by atoms with van der Waals surface area (Å²) in [5, 5.41) is 20.5. The van der Waals surface area contributed by atoms with Crippen molar-refractivity contribution in [2.45, 2.75) is 13.3 Å². The van der Waals surface area contributed by atoms with Gasteiger partial charge in [0.1, 0.15) is 5.82 Å². The van der Waals surface area contributed by atoms with E-state index in [2.05, 4.69) is 5.32 Å². The number of hydrogen-bond acceptors (Lipinski definition) is 3. The summed E-state index contributed by atoms with van der Waals surface area (Å²) in [6.45, 7) is 1.98. The summed E-state index contributed by atoms with van der Waals surface area (Å²) < 4.78 is 13.2. The number of halogens is 1. The molecule has 4 nitrogen and oxygen atoms in total. The lowest BCUT2D eigenvalue weighted by Crippen LogP contribution is -2.33. The van der Waals surface area contributed by atoms with Gasteiger partial charge in [-0.3, -0.25) is 4.79 Å². The van der Waals surface area contributed by atoms with Gasteiger partial charge in [0.25, 0.3) is 0 Å². The fraction of sp³-hybridized carbons (Fsp3) is 0.364. The van der Waals surface area contributed by atoms with Crippen molar-refractivity contribution < 1.29 is 19.2 Å². The van der Waals surface area contributed by atoms with Gasteiger partial charge in [-0.25, -0.2) is 4.39 Å². The second kappa shape index (κ2) is 4.47. The van der Waals surface area contributed by atoms with E-state index in [0.717, 1.165) is 12.5 Å². The smallest absolute Gasteiger partial charge is 0.423 e. The maximum absolute atomic E-state index is 13.2. The van der Waals surface area contributed by atoms with Gasteiger partial charge in [0.2, 0.25) is 5.91 Å². The van der Waals surface area contributed by atoms with Gasteiger partial charge in [-0.05, 0) is 30.5 Å². The highest BCUT2D eigenvalue weighted by Gasteiger charge is 2.39. The molecule has 1 aromatic carbocycles. The molecule has 0 radical (unpaired) electrons. The molecule has 1 saturated carbocycles. The Morgan fingerprint density at radius 1 is 1.53 bits per heavy atom. The molecule has 6 heteroatoms. The van der Waals surface area contributed by atoms with Crippen LogP contribution in [0.3, 0.4) is 0 Å². The van der Waals surface area contributed by atoms with E-state index in [9.17, 15) is 9.18 Å². The third kappa shape index (κ3) is 2.65. The van der Waals surface area contributed by atoms with Gasteiger partial charge in [0.05, 0.1) is 0 Å². The standard InChI is InChI=1S/C11H13BFNO3/c1-6-4-8(6)11(15)14-7-2-3-10(13)9(5-7)12(16)17/h2-3,5-6,8,16-17H,4H2,1H3,(H,14,15). The van der Waals surface area contributed by atoms with E-state index >= 15 is 0 Å². The molecule has 1 amide bonds. The minimum Gasteiger partial charge on any atom is -0.423 e. The first-order valence-corrected chi connectivity index (χ1v) is 5.45. The second-order valence-corrected chi connectivity index (χ2v) is 4.42. The maximum atomic E-state index is 13.2. The quantitative estimate of drug-likeness (QED) is 0.653. The summed E-state index contributed by atoms with van der Waals surface area (Å²) in [5.41, 5.74) is 0.130. The Balaban J connectivity index is 2.11. The average molecular weight is 237 g/mol. The number of rotatable bonds is 3. The molecule has 1 aliphatic carbocycles.